The minimum Gasteiger partial charge on any atom is -0.315 e. The highest BCUT2D eigenvalue weighted by atomic mass is 32.2. The van der Waals surface area contributed by atoms with E-state index in [9.17, 15) is 8.42 Å². The summed E-state index contributed by atoms with van der Waals surface area (Å²) in [6, 6.07) is 0.0189. The predicted molar refractivity (Wildman–Crippen MR) is 87.3 cm³/mol. The number of piperidine rings is 1. The lowest BCUT2D eigenvalue weighted by molar-refractivity contribution is 0.211. The molecule has 1 aromatic rings. The van der Waals surface area contributed by atoms with Crippen molar-refractivity contribution in [2.24, 2.45) is 0 Å². The number of sulfonamides is 1. The number of rotatable bonds is 6. The predicted octanol–water partition coefficient (Wildman–Crippen LogP) is 1.54. The lowest BCUT2D eigenvalue weighted by Crippen LogP contribution is -2.47. The first kappa shape index (κ1) is 16.9. The second-order valence-corrected chi connectivity index (χ2v) is 8.17. The second-order valence-electron chi connectivity index (χ2n) is 5.56. The molecule has 0 aromatic carbocycles. The van der Waals surface area contributed by atoms with E-state index in [1.807, 2.05) is 19.4 Å². The fourth-order valence-corrected chi connectivity index (χ4v) is 5.93. The zero-order valence-corrected chi connectivity index (χ0v) is 14.6. The van der Waals surface area contributed by atoms with Crippen molar-refractivity contribution in [1.82, 2.24) is 14.9 Å². The maximum atomic E-state index is 12.7. The van der Waals surface area contributed by atoms with Gasteiger partial charge in [0.1, 0.15) is 4.90 Å². The van der Waals surface area contributed by atoms with Crippen molar-refractivity contribution in [1.29, 1.82) is 0 Å². The van der Waals surface area contributed by atoms with Crippen molar-refractivity contribution < 1.29 is 8.42 Å². The Morgan fingerprint density at radius 1 is 1.48 bits per heavy atom. The molecule has 0 aliphatic carbocycles. The molecule has 1 saturated heterocycles. The number of nitrogens with zero attached hydrogens (tertiary/aromatic N) is 1. The Morgan fingerprint density at radius 2 is 2.24 bits per heavy atom. The Balaban J connectivity index is 2.16. The third-order valence-corrected chi connectivity index (χ3v) is 6.85. The molecular formula is C14H25N3O2S2. The van der Waals surface area contributed by atoms with E-state index in [2.05, 4.69) is 21.9 Å². The van der Waals surface area contributed by atoms with Crippen LogP contribution in [-0.4, -0.2) is 46.0 Å². The molecule has 0 spiro atoms. The van der Waals surface area contributed by atoms with E-state index < -0.39 is 10.0 Å². The average molecular weight is 332 g/mol. The fraction of sp³-hybridized carbons (Fsp3) is 0.714. The Kier molecular flexibility index (Phi) is 5.79. The summed E-state index contributed by atoms with van der Waals surface area (Å²) in [6.45, 7) is 7.41. The van der Waals surface area contributed by atoms with Crippen molar-refractivity contribution in [3.05, 3.63) is 15.8 Å². The van der Waals surface area contributed by atoms with E-state index in [0.717, 1.165) is 42.9 Å². The van der Waals surface area contributed by atoms with E-state index in [4.69, 9.17) is 0 Å². The van der Waals surface area contributed by atoms with Gasteiger partial charge in [-0.3, -0.25) is 0 Å². The summed E-state index contributed by atoms with van der Waals surface area (Å²) in [7, 11) is -1.61. The topological polar surface area (TPSA) is 61.4 Å². The van der Waals surface area contributed by atoms with E-state index >= 15 is 0 Å². The molecular weight excluding hydrogens is 306 g/mol. The lowest BCUT2D eigenvalue weighted by Gasteiger charge is -2.32. The number of hydrogen-bond acceptors (Lipinski definition) is 5. The third-order valence-electron chi connectivity index (χ3n) is 3.87. The number of likely N-dealkylation sites (tertiary alicyclic amines) is 1. The largest absolute Gasteiger partial charge is 0.315 e. The van der Waals surface area contributed by atoms with Crippen LogP contribution < -0.4 is 10.0 Å². The number of hydrogen-bond donors (Lipinski definition) is 2. The molecule has 120 valence electrons. The molecule has 21 heavy (non-hydrogen) atoms. The van der Waals surface area contributed by atoms with E-state index in [-0.39, 0.29) is 6.04 Å². The summed E-state index contributed by atoms with van der Waals surface area (Å²) in [5.41, 5.74) is 0.834. The number of nitrogens with one attached hydrogen (secondary N) is 2. The van der Waals surface area contributed by atoms with Crippen LogP contribution >= 0.6 is 11.3 Å². The zero-order chi connectivity index (χ0) is 15.5. The SMILES string of the molecule is CCN1CCCC(NS(=O)(=O)c2c(C)csc2CNC)C1. The molecule has 1 atom stereocenters. The summed E-state index contributed by atoms with van der Waals surface area (Å²) in [6.07, 6.45) is 1.97. The van der Waals surface area contributed by atoms with Crippen molar-refractivity contribution in [3.63, 3.8) is 0 Å². The van der Waals surface area contributed by atoms with Gasteiger partial charge in [0.25, 0.3) is 0 Å². The maximum absolute atomic E-state index is 12.7. The molecule has 0 bridgehead atoms. The number of likely N-dealkylation sites (N-methyl/N-ethyl adjacent to an activating group) is 1. The van der Waals surface area contributed by atoms with Crippen molar-refractivity contribution in [2.45, 2.75) is 44.2 Å². The Labute approximate surface area is 131 Å². The molecule has 2 N–H and O–H groups in total. The van der Waals surface area contributed by atoms with E-state index in [1.165, 1.54) is 11.3 Å². The van der Waals surface area contributed by atoms with Gasteiger partial charge in [-0.2, -0.15) is 0 Å². The average Bonchev–Trinajstić information content (AvgIpc) is 2.81. The summed E-state index contributed by atoms with van der Waals surface area (Å²) < 4.78 is 28.4. The highest BCUT2D eigenvalue weighted by Crippen LogP contribution is 2.27. The van der Waals surface area contributed by atoms with E-state index in [0.29, 0.717) is 11.4 Å². The van der Waals surface area contributed by atoms with Crippen LogP contribution in [-0.2, 0) is 16.6 Å². The maximum Gasteiger partial charge on any atom is 0.242 e. The number of aryl methyl sites for hydroxylation is 1. The Hall–Kier alpha value is -0.470. The number of thiophene rings is 1. The molecule has 1 aliphatic rings. The van der Waals surface area contributed by atoms with Crippen LogP contribution in [0.15, 0.2) is 10.3 Å². The monoisotopic (exact) mass is 331 g/mol. The minimum atomic E-state index is -3.44. The van der Waals surface area contributed by atoms with Crippen LogP contribution in [0.3, 0.4) is 0 Å². The summed E-state index contributed by atoms with van der Waals surface area (Å²) in [5, 5.41) is 4.96. The molecule has 0 radical (unpaired) electrons. The second kappa shape index (κ2) is 7.19. The van der Waals surface area contributed by atoms with Gasteiger partial charge in [0.15, 0.2) is 0 Å². The molecule has 2 rings (SSSR count). The van der Waals surface area contributed by atoms with Gasteiger partial charge in [0, 0.05) is 24.0 Å². The standard InChI is InChI=1S/C14H25N3O2S2/c1-4-17-7-5-6-12(9-17)16-21(18,19)14-11(2)10-20-13(14)8-15-3/h10,12,15-16H,4-9H2,1-3H3. The Bertz CT molecular complexity index is 569. The highest BCUT2D eigenvalue weighted by molar-refractivity contribution is 7.89. The van der Waals surface area contributed by atoms with E-state index in [1.54, 1.807) is 0 Å². The summed E-state index contributed by atoms with van der Waals surface area (Å²) in [4.78, 5) is 3.65. The summed E-state index contributed by atoms with van der Waals surface area (Å²) in [5.74, 6) is 0. The van der Waals surface area contributed by atoms with Gasteiger partial charge < -0.3 is 10.2 Å². The van der Waals surface area contributed by atoms with Crippen molar-refractivity contribution in [3.8, 4) is 0 Å². The minimum absolute atomic E-state index is 0.0189. The van der Waals surface area contributed by atoms with Crippen LogP contribution in [0.4, 0.5) is 0 Å². The fourth-order valence-electron chi connectivity index (χ4n) is 2.85. The van der Waals surface area contributed by atoms with Gasteiger partial charge in [0.2, 0.25) is 10.0 Å². The van der Waals surface area contributed by atoms with Gasteiger partial charge in [-0.25, -0.2) is 13.1 Å². The highest BCUT2D eigenvalue weighted by Gasteiger charge is 2.28. The van der Waals surface area contributed by atoms with Crippen molar-refractivity contribution >= 4 is 21.4 Å². The Morgan fingerprint density at radius 3 is 2.90 bits per heavy atom. The third kappa shape index (κ3) is 4.04. The van der Waals surface area contributed by atoms with Gasteiger partial charge in [-0.15, -0.1) is 11.3 Å². The molecule has 1 aromatic heterocycles. The molecule has 0 saturated carbocycles. The first-order chi connectivity index (χ1) is 9.97. The molecule has 1 aliphatic heterocycles. The molecule has 1 unspecified atom stereocenters. The summed E-state index contributed by atoms with van der Waals surface area (Å²) >= 11 is 1.50. The lowest BCUT2D eigenvalue weighted by atomic mass is 10.1. The normalized spacial score (nSPS) is 20.8. The zero-order valence-electron chi connectivity index (χ0n) is 13.0. The first-order valence-electron chi connectivity index (χ1n) is 7.44. The molecule has 1 fully saturated rings. The van der Waals surface area contributed by atoms with Crippen LogP contribution in [0.1, 0.15) is 30.2 Å². The van der Waals surface area contributed by atoms with Crippen LogP contribution in [0.5, 0.6) is 0 Å². The van der Waals surface area contributed by atoms with Gasteiger partial charge in [-0.1, -0.05) is 6.92 Å². The van der Waals surface area contributed by atoms with Gasteiger partial charge in [0.05, 0.1) is 0 Å². The molecule has 7 heteroatoms. The van der Waals surface area contributed by atoms with Crippen LogP contribution in [0.2, 0.25) is 0 Å². The first-order valence-corrected chi connectivity index (χ1v) is 9.80. The van der Waals surface area contributed by atoms with Crippen LogP contribution in [0.25, 0.3) is 0 Å². The molecule has 2 heterocycles. The quantitative estimate of drug-likeness (QED) is 0.830. The van der Waals surface area contributed by atoms with Gasteiger partial charge in [-0.05, 0) is 50.8 Å². The smallest absolute Gasteiger partial charge is 0.242 e. The molecule has 5 nitrogen and oxygen atoms in total. The molecule has 0 amide bonds. The van der Waals surface area contributed by atoms with Gasteiger partial charge >= 0.3 is 0 Å². The van der Waals surface area contributed by atoms with Crippen LogP contribution in [0, 0.1) is 6.92 Å². The van der Waals surface area contributed by atoms with Crippen molar-refractivity contribution in [2.75, 3.05) is 26.7 Å².